The zero-order valence-corrected chi connectivity index (χ0v) is 15.0. The first-order chi connectivity index (χ1) is 12.1. The Labute approximate surface area is 151 Å². The van der Waals surface area contributed by atoms with Gasteiger partial charge in [0.25, 0.3) is 5.91 Å². The molecule has 1 aliphatic heterocycles. The maximum atomic E-state index is 12.2. The van der Waals surface area contributed by atoms with Crippen molar-refractivity contribution in [3.8, 4) is 0 Å². The summed E-state index contributed by atoms with van der Waals surface area (Å²) in [5, 5.41) is 3.40. The molecule has 0 saturated heterocycles. The number of primary amides is 1. The van der Waals surface area contributed by atoms with Crippen molar-refractivity contribution in [3.63, 3.8) is 0 Å². The summed E-state index contributed by atoms with van der Waals surface area (Å²) in [6.45, 7) is 5.07. The smallest absolute Gasteiger partial charge is 0.252 e. The summed E-state index contributed by atoms with van der Waals surface area (Å²) in [5.74, 6) is -0.732. The SMILES string of the molecule is CC[NH+]1CCc2c(sc(NC(=O)C=Cc3ccccc3)c2C(N)=O)C1. The summed E-state index contributed by atoms with van der Waals surface area (Å²) in [5.41, 5.74) is 8.02. The molecule has 1 aromatic heterocycles. The standard InChI is InChI=1S/C19H21N3O2S/c1-2-22-11-10-14-15(12-22)25-19(17(14)18(20)24)21-16(23)9-8-13-6-4-3-5-7-13/h3-9H,2,10-12H2,1H3,(H2,20,24)(H,21,23)/p+1. The first kappa shape index (κ1) is 17.4. The Morgan fingerprint density at radius 2 is 2.08 bits per heavy atom. The Bertz CT molecular complexity index is 812. The van der Waals surface area contributed by atoms with E-state index in [2.05, 4.69) is 12.2 Å². The molecular formula is C19H22N3O2S+. The predicted octanol–water partition coefficient (Wildman–Crippen LogP) is 1.46. The van der Waals surface area contributed by atoms with Crippen molar-refractivity contribution in [1.82, 2.24) is 0 Å². The topological polar surface area (TPSA) is 76.6 Å². The molecule has 1 unspecified atom stereocenters. The van der Waals surface area contributed by atoms with Crippen molar-refractivity contribution < 1.29 is 14.5 Å². The van der Waals surface area contributed by atoms with Crippen LogP contribution in [-0.2, 0) is 17.8 Å². The highest BCUT2D eigenvalue weighted by Crippen LogP contribution is 2.34. The lowest BCUT2D eigenvalue weighted by Gasteiger charge is -2.22. The summed E-state index contributed by atoms with van der Waals surface area (Å²) in [4.78, 5) is 26.8. The second kappa shape index (κ2) is 7.63. The first-order valence-corrected chi connectivity index (χ1v) is 9.22. The molecular weight excluding hydrogens is 334 g/mol. The highest BCUT2D eigenvalue weighted by atomic mass is 32.1. The fourth-order valence-corrected chi connectivity index (χ4v) is 4.40. The lowest BCUT2D eigenvalue weighted by atomic mass is 10.0. The summed E-state index contributed by atoms with van der Waals surface area (Å²) in [6.07, 6.45) is 4.04. The number of amides is 2. The molecule has 130 valence electrons. The molecule has 25 heavy (non-hydrogen) atoms. The number of hydrogen-bond donors (Lipinski definition) is 3. The van der Waals surface area contributed by atoms with Gasteiger partial charge in [-0.25, -0.2) is 0 Å². The predicted molar refractivity (Wildman–Crippen MR) is 101 cm³/mol. The second-order valence-electron chi connectivity index (χ2n) is 6.09. The number of quaternary nitrogens is 1. The number of hydrogen-bond acceptors (Lipinski definition) is 3. The third-order valence-electron chi connectivity index (χ3n) is 4.44. The molecule has 2 amide bonds. The van der Waals surface area contributed by atoms with Crippen molar-refractivity contribution in [1.29, 1.82) is 0 Å². The van der Waals surface area contributed by atoms with E-state index in [0.717, 1.165) is 42.1 Å². The van der Waals surface area contributed by atoms with E-state index in [1.165, 1.54) is 22.3 Å². The maximum Gasteiger partial charge on any atom is 0.252 e. The Morgan fingerprint density at radius 1 is 1.32 bits per heavy atom. The van der Waals surface area contributed by atoms with Gasteiger partial charge in [0.2, 0.25) is 5.91 Å². The Morgan fingerprint density at radius 3 is 2.76 bits per heavy atom. The van der Waals surface area contributed by atoms with E-state index < -0.39 is 5.91 Å². The molecule has 1 aliphatic rings. The van der Waals surface area contributed by atoms with Gasteiger partial charge in [-0.05, 0) is 24.1 Å². The van der Waals surface area contributed by atoms with Crippen LogP contribution < -0.4 is 16.0 Å². The van der Waals surface area contributed by atoms with Crippen LogP contribution in [0.4, 0.5) is 5.00 Å². The van der Waals surface area contributed by atoms with E-state index in [9.17, 15) is 9.59 Å². The zero-order valence-electron chi connectivity index (χ0n) is 14.2. The molecule has 2 aromatic rings. The van der Waals surface area contributed by atoms with Crippen molar-refractivity contribution in [3.05, 3.63) is 58.0 Å². The van der Waals surface area contributed by atoms with Crippen LogP contribution in [0.5, 0.6) is 0 Å². The van der Waals surface area contributed by atoms with Crippen LogP contribution in [0.3, 0.4) is 0 Å². The lowest BCUT2D eigenvalue weighted by molar-refractivity contribution is -0.913. The van der Waals surface area contributed by atoms with Crippen LogP contribution in [0.1, 0.15) is 33.3 Å². The summed E-state index contributed by atoms with van der Waals surface area (Å²) in [7, 11) is 0. The summed E-state index contributed by atoms with van der Waals surface area (Å²) >= 11 is 1.47. The Hall–Kier alpha value is -2.44. The van der Waals surface area contributed by atoms with Crippen molar-refractivity contribution in [2.45, 2.75) is 19.9 Å². The van der Waals surface area contributed by atoms with Crippen LogP contribution in [0, 0.1) is 0 Å². The molecule has 1 aromatic carbocycles. The lowest BCUT2D eigenvalue weighted by Crippen LogP contribution is -3.11. The van der Waals surface area contributed by atoms with Gasteiger partial charge in [-0.3, -0.25) is 9.59 Å². The molecule has 5 nitrogen and oxygen atoms in total. The van der Waals surface area contributed by atoms with Gasteiger partial charge in [0, 0.05) is 12.5 Å². The average molecular weight is 356 g/mol. The molecule has 6 heteroatoms. The molecule has 0 spiro atoms. The molecule has 1 atom stereocenters. The number of carbonyl (C=O) groups excluding carboxylic acids is 2. The van der Waals surface area contributed by atoms with Gasteiger partial charge in [-0.1, -0.05) is 30.3 Å². The van der Waals surface area contributed by atoms with Crippen LogP contribution in [0.2, 0.25) is 0 Å². The first-order valence-electron chi connectivity index (χ1n) is 8.40. The van der Waals surface area contributed by atoms with Gasteiger partial charge in [0.05, 0.1) is 23.5 Å². The van der Waals surface area contributed by atoms with Crippen LogP contribution in [0.15, 0.2) is 36.4 Å². The van der Waals surface area contributed by atoms with Crippen molar-refractivity contribution >= 4 is 34.2 Å². The number of nitrogens with two attached hydrogens (primary N) is 1. The number of benzene rings is 1. The van der Waals surface area contributed by atoms with E-state index in [-0.39, 0.29) is 5.91 Å². The highest BCUT2D eigenvalue weighted by molar-refractivity contribution is 7.17. The van der Waals surface area contributed by atoms with Gasteiger partial charge in [-0.2, -0.15) is 0 Å². The number of likely N-dealkylation sites (N-methyl/N-ethyl adjacent to an activating group) is 1. The van der Waals surface area contributed by atoms with E-state index in [0.29, 0.717) is 10.6 Å². The van der Waals surface area contributed by atoms with Crippen LogP contribution in [-0.4, -0.2) is 24.9 Å². The monoisotopic (exact) mass is 356 g/mol. The molecule has 3 rings (SSSR count). The average Bonchev–Trinajstić information content (AvgIpc) is 2.97. The quantitative estimate of drug-likeness (QED) is 0.710. The minimum absolute atomic E-state index is 0.260. The molecule has 2 heterocycles. The molecule has 0 saturated carbocycles. The number of rotatable bonds is 5. The van der Waals surface area contributed by atoms with E-state index >= 15 is 0 Å². The minimum atomic E-state index is -0.472. The third kappa shape index (κ3) is 3.97. The molecule has 0 bridgehead atoms. The Balaban J connectivity index is 1.80. The minimum Gasteiger partial charge on any atom is -0.365 e. The molecule has 4 N–H and O–H groups in total. The van der Waals surface area contributed by atoms with Crippen molar-refractivity contribution in [2.24, 2.45) is 5.73 Å². The van der Waals surface area contributed by atoms with E-state index in [4.69, 9.17) is 5.73 Å². The van der Waals surface area contributed by atoms with Gasteiger partial charge in [0.1, 0.15) is 11.5 Å². The zero-order chi connectivity index (χ0) is 17.8. The number of nitrogens with one attached hydrogen (secondary N) is 2. The summed E-state index contributed by atoms with van der Waals surface area (Å²) < 4.78 is 0. The number of anilines is 1. The van der Waals surface area contributed by atoms with Crippen molar-refractivity contribution in [2.75, 3.05) is 18.4 Å². The number of carbonyl (C=O) groups is 2. The van der Waals surface area contributed by atoms with Crippen LogP contribution >= 0.6 is 11.3 Å². The fraction of sp³-hybridized carbons (Fsp3) is 0.263. The number of thiophene rings is 1. The van der Waals surface area contributed by atoms with Crippen LogP contribution in [0.25, 0.3) is 6.08 Å². The van der Waals surface area contributed by atoms with Gasteiger partial charge in [0.15, 0.2) is 0 Å². The second-order valence-corrected chi connectivity index (χ2v) is 7.19. The molecule has 0 fully saturated rings. The normalized spacial score (nSPS) is 16.6. The molecule has 0 aliphatic carbocycles. The third-order valence-corrected chi connectivity index (χ3v) is 5.59. The highest BCUT2D eigenvalue weighted by Gasteiger charge is 2.28. The number of fused-ring (bicyclic) bond motifs is 1. The van der Waals surface area contributed by atoms with E-state index in [1.807, 2.05) is 30.3 Å². The molecule has 0 radical (unpaired) electrons. The fourth-order valence-electron chi connectivity index (χ4n) is 3.08. The Kier molecular flexibility index (Phi) is 5.31. The van der Waals surface area contributed by atoms with Gasteiger partial charge in [-0.15, -0.1) is 11.3 Å². The van der Waals surface area contributed by atoms with Gasteiger partial charge >= 0.3 is 0 Å². The van der Waals surface area contributed by atoms with E-state index in [1.54, 1.807) is 6.08 Å². The largest absolute Gasteiger partial charge is 0.365 e. The summed E-state index contributed by atoms with van der Waals surface area (Å²) in [6, 6.07) is 9.60. The maximum absolute atomic E-state index is 12.2. The van der Waals surface area contributed by atoms with Gasteiger partial charge < -0.3 is 16.0 Å².